The van der Waals surface area contributed by atoms with Crippen LogP contribution in [-0.2, 0) is 0 Å². The molecule has 3 heteroatoms. The second-order valence-corrected chi connectivity index (χ2v) is 8.28. The molecule has 0 radical (unpaired) electrons. The lowest BCUT2D eigenvalue weighted by molar-refractivity contribution is 1.46. The van der Waals surface area contributed by atoms with Crippen molar-refractivity contribution in [1.82, 2.24) is 4.39 Å². The maximum absolute atomic E-state index is 3.34. The van der Waals surface area contributed by atoms with Crippen LogP contribution in [-0.4, -0.2) is 14.5 Å². The van der Waals surface area contributed by atoms with Gasteiger partial charge in [0.25, 0.3) is 0 Å². The van der Waals surface area contributed by atoms with Crippen LogP contribution in [0.4, 0.5) is 0 Å². The fraction of sp³-hybridized carbons (Fsp3) is 1.00. The van der Waals surface area contributed by atoms with E-state index >= 15 is 0 Å². The van der Waals surface area contributed by atoms with E-state index in [1.807, 2.05) is 0 Å². The zero-order valence-electron chi connectivity index (χ0n) is 5.41. The molecule has 0 aromatic rings. The summed E-state index contributed by atoms with van der Waals surface area (Å²) >= 11 is 1.72. The molecule has 0 amide bonds. The molecule has 0 fully saturated rings. The highest BCUT2D eigenvalue weighted by molar-refractivity contribution is 7.98. The van der Waals surface area contributed by atoms with Gasteiger partial charge >= 0.3 is 0 Å². The molecule has 0 atom stereocenters. The monoisotopic (exact) mass is 135 g/mol. The summed E-state index contributed by atoms with van der Waals surface area (Å²) in [6, 6.07) is 0. The van der Waals surface area contributed by atoms with Gasteiger partial charge in [-0.15, -0.1) is 0 Å². The highest BCUT2D eigenvalue weighted by atomic mass is 32.2. The number of rotatable bonds is 2. The van der Waals surface area contributed by atoms with Crippen molar-refractivity contribution in [3.05, 3.63) is 0 Å². The van der Waals surface area contributed by atoms with E-state index in [9.17, 15) is 0 Å². The van der Waals surface area contributed by atoms with Crippen LogP contribution in [0.3, 0.4) is 0 Å². The van der Waals surface area contributed by atoms with Gasteiger partial charge in [-0.25, -0.2) is 0 Å². The molecule has 0 aromatic carbocycles. The van der Waals surface area contributed by atoms with E-state index in [1.165, 1.54) is 0 Å². The van der Waals surface area contributed by atoms with E-state index in [0.29, 0.717) is 0 Å². The predicted molar refractivity (Wildman–Crippen MR) is 40.0 cm³/mol. The molecular formula is C4H13NSSi. The van der Waals surface area contributed by atoms with Gasteiger partial charge in [0.15, 0.2) is 0 Å². The molecule has 0 bridgehead atoms. The fourth-order valence-electron chi connectivity index (χ4n) is 0.306. The van der Waals surface area contributed by atoms with Crippen molar-refractivity contribution >= 4 is 20.2 Å². The van der Waals surface area contributed by atoms with Crippen molar-refractivity contribution in [2.45, 2.75) is 19.6 Å². The van der Waals surface area contributed by atoms with Crippen LogP contribution in [0, 0.1) is 0 Å². The first-order valence-corrected chi connectivity index (χ1v) is 7.09. The Morgan fingerprint density at radius 1 is 1.29 bits per heavy atom. The van der Waals surface area contributed by atoms with E-state index in [4.69, 9.17) is 0 Å². The molecule has 1 nitrogen and oxygen atoms in total. The normalized spacial score (nSPS) is 12.0. The van der Waals surface area contributed by atoms with Crippen LogP contribution >= 0.6 is 11.9 Å². The molecule has 0 saturated heterocycles. The SMILES string of the molecule is CSN[Si](C)(C)C. The average Bonchev–Trinajstić information content (AvgIpc) is 1.30. The Labute approximate surface area is 51.1 Å². The third-order valence-corrected chi connectivity index (χ3v) is 3.67. The molecule has 0 aromatic heterocycles. The maximum atomic E-state index is 3.34. The minimum Gasteiger partial charge on any atom is -0.285 e. The Morgan fingerprint density at radius 3 is 1.71 bits per heavy atom. The van der Waals surface area contributed by atoms with Crippen LogP contribution in [0.1, 0.15) is 0 Å². The van der Waals surface area contributed by atoms with Gasteiger partial charge in [-0.1, -0.05) is 31.6 Å². The van der Waals surface area contributed by atoms with Gasteiger partial charge in [0.2, 0.25) is 0 Å². The standard InChI is InChI=1S/C4H13NSSi/c1-6-5-7(2,3)4/h5H,1-4H3. The van der Waals surface area contributed by atoms with E-state index in [2.05, 4.69) is 30.3 Å². The van der Waals surface area contributed by atoms with Gasteiger partial charge in [0, 0.05) is 0 Å². The summed E-state index contributed by atoms with van der Waals surface area (Å²) in [5, 5.41) is 0. The summed E-state index contributed by atoms with van der Waals surface area (Å²) < 4.78 is 3.34. The molecule has 44 valence electrons. The fourth-order valence-corrected chi connectivity index (χ4v) is 2.76. The van der Waals surface area contributed by atoms with Gasteiger partial charge in [-0.05, 0) is 6.26 Å². The lowest BCUT2D eigenvalue weighted by Gasteiger charge is -2.14. The van der Waals surface area contributed by atoms with Crippen molar-refractivity contribution in [1.29, 1.82) is 0 Å². The molecular weight excluding hydrogens is 122 g/mol. The minimum atomic E-state index is -0.944. The Morgan fingerprint density at radius 2 is 1.71 bits per heavy atom. The van der Waals surface area contributed by atoms with E-state index < -0.39 is 8.24 Å². The van der Waals surface area contributed by atoms with Crippen LogP contribution in [0.5, 0.6) is 0 Å². The predicted octanol–water partition coefficient (Wildman–Crippen LogP) is 1.69. The number of hydrogen-bond acceptors (Lipinski definition) is 2. The topological polar surface area (TPSA) is 12.0 Å². The first kappa shape index (κ1) is 7.53. The van der Waals surface area contributed by atoms with Crippen LogP contribution in [0.15, 0.2) is 0 Å². The van der Waals surface area contributed by atoms with Gasteiger partial charge in [0.1, 0.15) is 8.24 Å². The van der Waals surface area contributed by atoms with Crippen molar-refractivity contribution in [2.75, 3.05) is 6.26 Å². The van der Waals surface area contributed by atoms with Gasteiger partial charge in [-0.2, -0.15) is 0 Å². The quantitative estimate of drug-likeness (QED) is 0.457. The molecule has 1 N–H and O–H groups in total. The van der Waals surface area contributed by atoms with E-state index in [0.717, 1.165) is 0 Å². The van der Waals surface area contributed by atoms with Gasteiger partial charge in [-0.3, -0.25) is 4.39 Å². The largest absolute Gasteiger partial charge is 0.285 e. The number of nitrogens with one attached hydrogen (secondary N) is 1. The lowest BCUT2D eigenvalue weighted by Crippen LogP contribution is -2.35. The Hall–Kier alpha value is 0.527. The molecule has 0 spiro atoms. The van der Waals surface area contributed by atoms with Crippen molar-refractivity contribution in [3.8, 4) is 0 Å². The minimum absolute atomic E-state index is 0.944. The first-order chi connectivity index (χ1) is 3.06. The van der Waals surface area contributed by atoms with Crippen LogP contribution in [0.2, 0.25) is 19.6 Å². The van der Waals surface area contributed by atoms with Crippen LogP contribution in [0.25, 0.3) is 0 Å². The summed E-state index contributed by atoms with van der Waals surface area (Å²) in [6.45, 7) is 6.84. The van der Waals surface area contributed by atoms with Crippen molar-refractivity contribution < 1.29 is 0 Å². The molecule has 0 heterocycles. The highest BCUT2D eigenvalue weighted by Gasteiger charge is 2.09. The first-order valence-electron chi connectivity index (χ1n) is 2.36. The second-order valence-electron chi connectivity index (χ2n) is 2.56. The Balaban J connectivity index is 3.15. The number of hydrogen-bond donors (Lipinski definition) is 1. The van der Waals surface area contributed by atoms with Gasteiger partial charge in [0.05, 0.1) is 0 Å². The molecule has 7 heavy (non-hydrogen) atoms. The van der Waals surface area contributed by atoms with Crippen molar-refractivity contribution in [3.63, 3.8) is 0 Å². The van der Waals surface area contributed by atoms with Crippen LogP contribution < -0.4 is 4.39 Å². The third kappa shape index (κ3) is 6.53. The molecule has 0 aliphatic heterocycles. The summed E-state index contributed by atoms with van der Waals surface area (Å²) in [4.78, 5) is 0. The zero-order valence-corrected chi connectivity index (χ0v) is 7.22. The summed E-state index contributed by atoms with van der Waals surface area (Å²) in [5.74, 6) is 0. The van der Waals surface area contributed by atoms with Gasteiger partial charge < -0.3 is 0 Å². The Kier molecular flexibility index (Phi) is 2.95. The molecule has 0 unspecified atom stereocenters. The second kappa shape index (κ2) is 2.74. The lowest BCUT2D eigenvalue weighted by atomic mass is 11.8. The highest BCUT2D eigenvalue weighted by Crippen LogP contribution is 1.98. The molecule has 0 rings (SSSR count). The Bertz CT molecular complexity index is 50.1. The third-order valence-electron chi connectivity index (χ3n) is 0.408. The zero-order chi connectivity index (χ0) is 5.91. The summed E-state index contributed by atoms with van der Waals surface area (Å²) in [5.41, 5.74) is 0. The summed E-state index contributed by atoms with van der Waals surface area (Å²) in [7, 11) is -0.944. The van der Waals surface area contributed by atoms with E-state index in [1.54, 1.807) is 11.9 Å². The van der Waals surface area contributed by atoms with Crippen molar-refractivity contribution in [2.24, 2.45) is 0 Å². The van der Waals surface area contributed by atoms with E-state index in [-0.39, 0.29) is 0 Å². The summed E-state index contributed by atoms with van der Waals surface area (Å²) in [6.07, 6.45) is 2.07. The molecule has 0 aliphatic rings. The molecule has 0 aliphatic carbocycles. The maximum Gasteiger partial charge on any atom is 0.127 e. The average molecular weight is 135 g/mol. The molecule has 0 saturated carbocycles. The smallest absolute Gasteiger partial charge is 0.127 e.